The van der Waals surface area contributed by atoms with Gasteiger partial charge in [0.2, 0.25) is 0 Å². The predicted octanol–water partition coefficient (Wildman–Crippen LogP) is 1.51. The standard InChI is InChI=1S/C18H24N4O2/c1-24-18(23)14-3-2-4-15-17(14)22(12-20-15)10-7-19-16-11-21-8-5-13(16)6-9-21/h2-4,12-13,16,19H,5-11H2,1H3/t16-/m1/s1. The molecule has 6 heteroatoms. The van der Waals surface area contributed by atoms with Crippen LogP contribution in [0.15, 0.2) is 24.5 Å². The molecule has 2 bridgehead atoms. The zero-order valence-corrected chi connectivity index (χ0v) is 14.1. The fourth-order valence-corrected chi connectivity index (χ4v) is 4.14. The molecule has 0 spiro atoms. The Labute approximate surface area is 141 Å². The molecule has 3 aliphatic rings. The molecule has 0 aliphatic carbocycles. The Morgan fingerprint density at radius 1 is 1.38 bits per heavy atom. The van der Waals surface area contributed by atoms with Crippen molar-refractivity contribution < 1.29 is 9.53 Å². The van der Waals surface area contributed by atoms with E-state index in [0.29, 0.717) is 11.6 Å². The van der Waals surface area contributed by atoms with Crippen molar-refractivity contribution in [3.63, 3.8) is 0 Å². The monoisotopic (exact) mass is 328 g/mol. The van der Waals surface area contributed by atoms with Gasteiger partial charge in [0, 0.05) is 25.7 Å². The molecule has 1 N–H and O–H groups in total. The number of carbonyl (C=O) groups excluding carboxylic acids is 1. The van der Waals surface area contributed by atoms with Crippen molar-refractivity contribution in [1.29, 1.82) is 0 Å². The summed E-state index contributed by atoms with van der Waals surface area (Å²) in [5.41, 5.74) is 2.27. The SMILES string of the molecule is COC(=O)c1cccc2ncn(CCN[C@@H]3CN4CCC3CC4)c12. The number of ether oxygens (including phenoxy) is 1. The van der Waals surface area contributed by atoms with Crippen LogP contribution in [-0.4, -0.2) is 59.8 Å². The fraction of sp³-hybridized carbons (Fsp3) is 0.556. The second-order valence-electron chi connectivity index (χ2n) is 6.80. The van der Waals surface area contributed by atoms with Gasteiger partial charge in [0.25, 0.3) is 0 Å². The number of esters is 1. The Morgan fingerprint density at radius 3 is 2.92 bits per heavy atom. The molecule has 3 fully saturated rings. The molecule has 24 heavy (non-hydrogen) atoms. The molecule has 1 aromatic carbocycles. The number of nitrogens with zero attached hydrogens (tertiary/aromatic N) is 3. The van der Waals surface area contributed by atoms with Gasteiger partial charge in [-0.2, -0.15) is 0 Å². The Hall–Kier alpha value is -1.92. The number of methoxy groups -OCH3 is 1. The number of para-hydroxylation sites is 1. The average molecular weight is 328 g/mol. The van der Waals surface area contributed by atoms with Crippen molar-refractivity contribution in [3.05, 3.63) is 30.1 Å². The van der Waals surface area contributed by atoms with Crippen LogP contribution in [-0.2, 0) is 11.3 Å². The van der Waals surface area contributed by atoms with Crippen LogP contribution in [0.4, 0.5) is 0 Å². The first-order chi connectivity index (χ1) is 11.8. The number of fused-ring (bicyclic) bond motifs is 4. The minimum Gasteiger partial charge on any atom is -0.465 e. The summed E-state index contributed by atoms with van der Waals surface area (Å²) < 4.78 is 6.95. The van der Waals surface area contributed by atoms with E-state index in [4.69, 9.17) is 4.74 Å². The predicted molar refractivity (Wildman–Crippen MR) is 92.0 cm³/mol. The number of imidazole rings is 1. The average Bonchev–Trinajstić information content (AvgIpc) is 3.05. The highest BCUT2D eigenvalue weighted by molar-refractivity contribution is 6.02. The molecule has 1 atom stereocenters. The van der Waals surface area contributed by atoms with E-state index >= 15 is 0 Å². The quantitative estimate of drug-likeness (QED) is 0.843. The molecule has 1 aromatic heterocycles. The maximum absolute atomic E-state index is 12.0. The van der Waals surface area contributed by atoms with Crippen LogP contribution < -0.4 is 5.32 Å². The molecule has 128 valence electrons. The van der Waals surface area contributed by atoms with Gasteiger partial charge in [-0.1, -0.05) is 6.07 Å². The number of hydrogen-bond donors (Lipinski definition) is 1. The lowest BCUT2D eigenvalue weighted by atomic mass is 9.84. The summed E-state index contributed by atoms with van der Waals surface area (Å²) in [6, 6.07) is 6.17. The zero-order valence-electron chi connectivity index (χ0n) is 14.1. The first-order valence-electron chi connectivity index (χ1n) is 8.74. The van der Waals surface area contributed by atoms with Gasteiger partial charge in [-0.15, -0.1) is 0 Å². The minimum absolute atomic E-state index is 0.312. The molecule has 5 rings (SSSR count). The summed E-state index contributed by atoms with van der Waals surface area (Å²) in [7, 11) is 1.41. The normalized spacial score (nSPS) is 26.0. The Kier molecular flexibility index (Phi) is 4.24. The fourth-order valence-electron chi connectivity index (χ4n) is 4.14. The molecule has 3 aliphatic heterocycles. The Morgan fingerprint density at radius 2 is 2.21 bits per heavy atom. The smallest absolute Gasteiger partial charge is 0.340 e. The van der Waals surface area contributed by atoms with Crippen molar-refractivity contribution in [1.82, 2.24) is 19.8 Å². The number of benzene rings is 1. The summed E-state index contributed by atoms with van der Waals surface area (Å²) in [5.74, 6) is 0.507. The summed E-state index contributed by atoms with van der Waals surface area (Å²) in [6.45, 7) is 5.38. The topological polar surface area (TPSA) is 59.4 Å². The van der Waals surface area contributed by atoms with Crippen LogP contribution in [0.2, 0.25) is 0 Å². The minimum atomic E-state index is -0.312. The van der Waals surface area contributed by atoms with Crippen molar-refractivity contribution >= 4 is 17.0 Å². The molecule has 0 unspecified atom stereocenters. The van der Waals surface area contributed by atoms with E-state index < -0.39 is 0 Å². The van der Waals surface area contributed by atoms with Crippen LogP contribution >= 0.6 is 0 Å². The summed E-state index contributed by atoms with van der Waals surface area (Å²) in [4.78, 5) is 19.0. The first-order valence-corrected chi connectivity index (χ1v) is 8.74. The van der Waals surface area contributed by atoms with E-state index in [-0.39, 0.29) is 5.97 Å². The van der Waals surface area contributed by atoms with Crippen LogP contribution in [0.1, 0.15) is 23.2 Å². The molecule has 3 saturated heterocycles. The van der Waals surface area contributed by atoms with E-state index in [1.165, 1.54) is 39.6 Å². The van der Waals surface area contributed by atoms with E-state index in [0.717, 1.165) is 30.0 Å². The Balaban J connectivity index is 1.46. The summed E-state index contributed by atoms with van der Waals surface area (Å²) >= 11 is 0. The van der Waals surface area contributed by atoms with Gasteiger partial charge in [0.15, 0.2) is 0 Å². The van der Waals surface area contributed by atoms with Gasteiger partial charge in [0.1, 0.15) is 0 Å². The molecule has 2 aromatic rings. The number of rotatable bonds is 5. The van der Waals surface area contributed by atoms with Gasteiger partial charge in [-0.3, -0.25) is 0 Å². The molecule has 4 heterocycles. The van der Waals surface area contributed by atoms with E-state index in [1.54, 1.807) is 6.07 Å². The summed E-state index contributed by atoms with van der Waals surface area (Å²) in [6.07, 6.45) is 4.45. The van der Waals surface area contributed by atoms with Gasteiger partial charge in [-0.25, -0.2) is 9.78 Å². The van der Waals surface area contributed by atoms with Crippen LogP contribution in [0.5, 0.6) is 0 Å². The third-order valence-electron chi connectivity index (χ3n) is 5.46. The van der Waals surface area contributed by atoms with Gasteiger partial charge in [-0.05, 0) is 44.0 Å². The van der Waals surface area contributed by atoms with Gasteiger partial charge >= 0.3 is 5.97 Å². The Bertz CT molecular complexity index is 734. The van der Waals surface area contributed by atoms with Crippen LogP contribution in [0.3, 0.4) is 0 Å². The first kappa shape index (κ1) is 15.6. The lowest BCUT2D eigenvalue weighted by Gasteiger charge is -2.45. The van der Waals surface area contributed by atoms with E-state index in [1.807, 2.05) is 18.5 Å². The highest BCUT2D eigenvalue weighted by Crippen LogP contribution is 2.27. The largest absolute Gasteiger partial charge is 0.465 e. The molecule has 6 nitrogen and oxygen atoms in total. The molecular formula is C18H24N4O2. The summed E-state index contributed by atoms with van der Waals surface area (Å²) in [5, 5.41) is 3.71. The van der Waals surface area contributed by atoms with Crippen LogP contribution in [0, 0.1) is 5.92 Å². The maximum Gasteiger partial charge on any atom is 0.340 e. The lowest BCUT2D eigenvalue weighted by Crippen LogP contribution is -2.56. The molecule has 0 amide bonds. The van der Waals surface area contributed by atoms with Crippen molar-refractivity contribution in [2.75, 3.05) is 33.3 Å². The number of piperidine rings is 3. The van der Waals surface area contributed by atoms with Crippen molar-refractivity contribution in [2.45, 2.75) is 25.4 Å². The van der Waals surface area contributed by atoms with Crippen LogP contribution in [0.25, 0.3) is 11.0 Å². The lowest BCUT2D eigenvalue weighted by molar-refractivity contribution is 0.0602. The maximum atomic E-state index is 12.0. The zero-order chi connectivity index (χ0) is 16.5. The number of aromatic nitrogens is 2. The van der Waals surface area contributed by atoms with Crippen molar-refractivity contribution in [3.8, 4) is 0 Å². The highest BCUT2D eigenvalue weighted by atomic mass is 16.5. The second-order valence-corrected chi connectivity index (χ2v) is 6.80. The van der Waals surface area contributed by atoms with Gasteiger partial charge in [0.05, 0.1) is 30.0 Å². The molecule has 0 saturated carbocycles. The number of hydrogen-bond acceptors (Lipinski definition) is 5. The molecule has 0 radical (unpaired) electrons. The van der Waals surface area contributed by atoms with E-state index in [2.05, 4.69) is 19.8 Å². The highest BCUT2D eigenvalue weighted by Gasteiger charge is 2.33. The third kappa shape index (κ3) is 2.80. The number of carbonyl (C=O) groups is 1. The number of nitrogens with one attached hydrogen (secondary N) is 1. The molecular weight excluding hydrogens is 304 g/mol. The van der Waals surface area contributed by atoms with Gasteiger partial charge < -0.3 is 19.5 Å². The second kappa shape index (κ2) is 6.53. The van der Waals surface area contributed by atoms with E-state index in [9.17, 15) is 4.79 Å². The third-order valence-corrected chi connectivity index (χ3v) is 5.46. The van der Waals surface area contributed by atoms with Crippen molar-refractivity contribution in [2.24, 2.45) is 5.92 Å².